The van der Waals surface area contributed by atoms with Crippen molar-refractivity contribution in [2.24, 2.45) is 0 Å². The molecule has 0 atom stereocenters. The third-order valence-corrected chi connectivity index (χ3v) is 4.85. The Kier molecular flexibility index (Phi) is 3.01. The number of fused-ring (bicyclic) bond motifs is 1. The molecule has 3 heterocycles. The summed E-state index contributed by atoms with van der Waals surface area (Å²) in [5, 5.41) is 2.69. The Morgan fingerprint density at radius 3 is 2.94 bits per heavy atom. The molecule has 0 amide bonds. The minimum Gasteiger partial charge on any atom is -0.309 e. The lowest BCUT2D eigenvalue weighted by atomic mass is 10.2. The number of thiol groups is 1. The number of hydrogen-bond acceptors (Lipinski definition) is 5. The molecule has 0 spiro atoms. The summed E-state index contributed by atoms with van der Waals surface area (Å²) in [7, 11) is 0. The zero-order valence-electron chi connectivity index (χ0n) is 9.56. The van der Waals surface area contributed by atoms with Gasteiger partial charge in [0.05, 0.1) is 5.39 Å². The van der Waals surface area contributed by atoms with Crippen molar-refractivity contribution < 1.29 is 0 Å². The maximum absolute atomic E-state index is 12.1. The van der Waals surface area contributed by atoms with Gasteiger partial charge in [-0.1, -0.05) is 0 Å². The lowest BCUT2D eigenvalue weighted by Gasteiger charge is -1.97. The number of aromatic amines is 1. The third-order valence-electron chi connectivity index (χ3n) is 2.65. The van der Waals surface area contributed by atoms with Gasteiger partial charge in [0.2, 0.25) is 0 Å². The van der Waals surface area contributed by atoms with E-state index in [1.165, 1.54) is 16.2 Å². The van der Waals surface area contributed by atoms with E-state index < -0.39 is 0 Å². The SMILES string of the molecule is Cc1ccc(-c2csc3nc(CS)[nH]c(=O)c23)s1. The molecular formula is C12H10N2OS3. The molecule has 0 unspecified atom stereocenters. The van der Waals surface area contributed by atoms with Crippen LogP contribution in [0.4, 0.5) is 0 Å². The average Bonchev–Trinajstić information content (AvgIpc) is 2.94. The number of rotatable bonds is 2. The summed E-state index contributed by atoms with van der Waals surface area (Å²) in [6, 6.07) is 4.11. The van der Waals surface area contributed by atoms with Crippen LogP contribution in [0.15, 0.2) is 22.3 Å². The van der Waals surface area contributed by atoms with Crippen LogP contribution in [0, 0.1) is 6.92 Å². The molecule has 1 N–H and O–H groups in total. The lowest BCUT2D eigenvalue weighted by Crippen LogP contribution is -2.10. The van der Waals surface area contributed by atoms with Gasteiger partial charge in [-0.3, -0.25) is 4.79 Å². The van der Waals surface area contributed by atoms with Crippen LogP contribution in [0.5, 0.6) is 0 Å². The van der Waals surface area contributed by atoms with Crippen molar-refractivity contribution in [3.8, 4) is 10.4 Å². The van der Waals surface area contributed by atoms with Gasteiger partial charge in [0.15, 0.2) is 0 Å². The molecule has 92 valence electrons. The first-order chi connectivity index (χ1) is 8.69. The van der Waals surface area contributed by atoms with E-state index in [-0.39, 0.29) is 5.56 Å². The molecule has 0 saturated carbocycles. The van der Waals surface area contributed by atoms with E-state index in [4.69, 9.17) is 0 Å². The predicted molar refractivity (Wildman–Crippen MR) is 81.0 cm³/mol. The first-order valence-corrected chi connectivity index (χ1v) is 7.70. The van der Waals surface area contributed by atoms with E-state index in [1.54, 1.807) is 11.3 Å². The summed E-state index contributed by atoms with van der Waals surface area (Å²) in [6.45, 7) is 2.06. The van der Waals surface area contributed by atoms with Gasteiger partial charge in [-0.15, -0.1) is 22.7 Å². The van der Waals surface area contributed by atoms with Crippen molar-refractivity contribution in [3.05, 3.63) is 38.6 Å². The highest BCUT2D eigenvalue weighted by molar-refractivity contribution is 7.79. The van der Waals surface area contributed by atoms with Gasteiger partial charge in [0, 0.05) is 26.5 Å². The van der Waals surface area contributed by atoms with Gasteiger partial charge in [-0.25, -0.2) is 4.98 Å². The first-order valence-electron chi connectivity index (χ1n) is 5.37. The molecule has 0 fully saturated rings. The van der Waals surface area contributed by atoms with E-state index in [0.717, 1.165) is 15.3 Å². The average molecular weight is 294 g/mol. The zero-order valence-corrected chi connectivity index (χ0v) is 12.1. The smallest absolute Gasteiger partial charge is 0.260 e. The molecule has 3 aromatic rings. The zero-order chi connectivity index (χ0) is 12.7. The van der Waals surface area contributed by atoms with Crippen LogP contribution in [-0.4, -0.2) is 9.97 Å². The van der Waals surface area contributed by atoms with Gasteiger partial charge in [0.1, 0.15) is 10.7 Å². The second kappa shape index (κ2) is 4.53. The van der Waals surface area contributed by atoms with Crippen molar-refractivity contribution in [2.45, 2.75) is 12.7 Å². The number of nitrogens with zero attached hydrogens (tertiary/aromatic N) is 1. The molecule has 6 heteroatoms. The number of hydrogen-bond donors (Lipinski definition) is 2. The van der Waals surface area contributed by atoms with E-state index in [9.17, 15) is 4.79 Å². The number of thiophene rings is 2. The topological polar surface area (TPSA) is 45.8 Å². The van der Waals surface area contributed by atoms with Crippen LogP contribution in [0.3, 0.4) is 0 Å². The molecule has 0 aliphatic rings. The molecule has 3 aromatic heterocycles. The maximum Gasteiger partial charge on any atom is 0.260 e. The summed E-state index contributed by atoms with van der Waals surface area (Å²) in [6.07, 6.45) is 0. The number of nitrogens with one attached hydrogen (secondary N) is 1. The Bertz CT molecular complexity index is 769. The van der Waals surface area contributed by atoms with E-state index in [1.807, 2.05) is 11.4 Å². The fourth-order valence-electron chi connectivity index (χ4n) is 1.83. The van der Waals surface area contributed by atoms with Crippen molar-refractivity contribution in [3.63, 3.8) is 0 Å². The lowest BCUT2D eigenvalue weighted by molar-refractivity contribution is 1.05. The van der Waals surface area contributed by atoms with Gasteiger partial charge >= 0.3 is 0 Å². The highest BCUT2D eigenvalue weighted by atomic mass is 32.1. The Morgan fingerprint density at radius 1 is 1.44 bits per heavy atom. The van der Waals surface area contributed by atoms with Crippen molar-refractivity contribution >= 4 is 45.5 Å². The van der Waals surface area contributed by atoms with Gasteiger partial charge in [-0.2, -0.15) is 12.6 Å². The van der Waals surface area contributed by atoms with Gasteiger partial charge in [-0.05, 0) is 19.1 Å². The van der Waals surface area contributed by atoms with Gasteiger partial charge < -0.3 is 4.98 Å². The molecule has 0 saturated heterocycles. The molecule has 18 heavy (non-hydrogen) atoms. The molecule has 0 aliphatic carbocycles. The largest absolute Gasteiger partial charge is 0.309 e. The second-order valence-corrected chi connectivity index (χ2v) is 6.37. The molecule has 3 rings (SSSR count). The summed E-state index contributed by atoms with van der Waals surface area (Å²) < 4.78 is 0. The van der Waals surface area contributed by atoms with Crippen molar-refractivity contribution in [1.29, 1.82) is 0 Å². The number of aryl methyl sites for hydroxylation is 1. The number of H-pyrrole nitrogens is 1. The third kappa shape index (κ3) is 1.90. The summed E-state index contributed by atoms with van der Waals surface area (Å²) >= 11 is 7.33. The molecule has 0 aliphatic heterocycles. The van der Waals surface area contributed by atoms with Crippen LogP contribution in [0.2, 0.25) is 0 Å². The van der Waals surface area contributed by atoms with Crippen molar-refractivity contribution in [1.82, 2.24) is 9.97 Å². The molecular weight excluding hydrogens is 284 g/mol. The fourth-order valence-corrected chi connectivity index (χ4v) is 3.90. The van der Waals surface area contributed by atoms with Crippen LogP contribution in [0.25, 0.3) is 20.7 Å². The Labute approximate surface area is 117 Å². The number of aromatic nitrogens is 2. The molecule has 0 aromatic carbocycles. The highest BCUT2D eigenvalue weighted by Crippen LogP contribution is 2.34. The van der Waals surface area contributed by atoms with Crippen LogP contribution in [-0.2, 0) is 5.75 Å². The predicted octanol–water partition coefficient (Wildman–Crippen LogP) is 3.45. The highest BCUT2D eigenvalue weighted by Gasteiger charge is 2.13. The summed E-state index contributed by atoms with van der Waals surface area (Å²) in [5.41, 5.74) is 0.902. The maximum atomic E-state index is 12.1. The van der Waals surface area contributed by atoms with Gasteiger partial charge in [0.25, 0.3) is 5.56 Å². The van der Waals surface area contributed by atoms with E-state index in [0.29, 0.717) is 17.0 Å². The standard InChI is InChI=1S/C12H10N2OS3/c1-6-2-3-8(18-6)7-5-17-12-10(7)11(15)13-9(4-16)14-12/h2-3,5,16H,4H2,1H3,(H,13,14,15). The van der Waals surface area contributed by atoms with Crippen molar-refractivity contribution in [2.75, 3.05) is 0 Å². The van der Waals surface area contributed by atoms with E-state index in [2.05, 4.69) is 35.6 Å². The fraction of sp³-hybridized carbons (Fsp3) is 0.167. The molecule has 0 radical (unpaired) electrons. The Balaban J connectivity index is 2.29. The monoisotopic (exact) mass is 294 g/mol. The quantitative estimate of drug-likeness (QED) is 0.711. The molecule has 0 bridgehead atoms. The minimum absolute atomic E-state index is 0.0775. The van der Waals surface area contributed by atoms with E-state index >= 15 is 0 Å². The van der Waals surface area contributed by atoms with Crippen LogP contribution in [0.1, 0.15) is 10.7 Å². The summed E-state index contributed by atoms with van der Waals surface area (Å²) in [4.78, 5) is 22.4. The second-order valence-electron chi connectivity index (χ2n) is 3.91. The summed E-state index contributed by atoms with van der Waals surface area (Å²) in [5.74, 6) is 1.06. The Hall–Kier alpha value is -1.11. The Morgan fingerprint density at radius 2 is 2.28 bits per heavy atom. The minimum atomic E-state index is -0.0775. The first kappa shape index (κ1) is 12.0. The van der Waals surface area contributed by atoms with Crippen LogP contribution < -0.4 is 5.56 Å². The molecule has 3 nitrogen and oxygen atoms in total. The van der Waals surface area contributed by atoms with Crippen LogP contribution >= 0.6 is 35.3 Å². The normalized spacial score (nSPS) is 11.2.